The van der Waals surface area contributed by atoms with Crippen molar-refractivity contribution in [3.63, 3.8) is 0 Å². The number of aromatic nitrogens is 1. The molecule has 7 heteroatoms. The summed E-state index contributed by atoms with van der Waals surface area (Å²) in [7, 11) is 0. The van der Waals surface area contributed by atoms with E-state index in [9.17, 15) is 14.4 Å². The van der Waals surface area contributed by atoms with Gasteiger partial charge in [0.2, 0.25) is 17.7 Å². The molecule has 3 amide bonds. The fraction of sp³-hybridized carbons (Fsp3) is 0.176. The van der Waals surface area contributed by atoms with Crippen molar-refractivity contribution in [1.29, 1.82) is 0 Å². The molecule has 1 saturated heterocycles. The van der Waals surface area contributed by atoms with Crippen molar-refractivity contribution in [1.82, 2.24) is 9.88 Å². The predicted molar refractivity (Wildman–Crippen MR) is 91.7 cm³/mol. The minimum absolute atomic E-state index is 0.180. The summed E-state index contributed by atoms with van der Waals surface area (Å²) in [6.45, 7) is -0.256. The Morgan fingerprint density at radius 2 is 1.88 bits per heavy atom. The predicted octanol–water partition coefficient (Wildman–Crippen LogP) is 2.54. The van der Waals surface area contributed by atoms with Crippen LogP contribution in [0.2, 0.25) is 0 Å². The first-order valence-corrected chi connectivity index (χ1v) is 8.35. The molecule has 4 rings (SSSR count). The summed E-state index contributed by atoms with van der Waals surface area (Å²) in [6.07, 6.45) is 0.360. The van der Waals surface area contributed by atoms with E-state index in [1.54, 1.807) is 0 Å². The zero-order valence-corrected chi connectivity index (χ0v) is 13.4. The zero-order chi connectivity index (χ0) is 16.7. The summed E-state index contributed by atoms with van der Waals surface area (Å²) < 4.78 is 0.970. The van der Waals surface area contributed by atoms with Gasteiger partial charge in [0.1, 0.15) is 6.54 Å². The Morgan fingerprint density at radius 3 is 2.67 bits per heavy atom. The number of carbonyl (C=O) groups excluding carboxylic acids is 3. The Labute approximate surface area is 141 Å². The van der Waals surface area contributed by atoms with Crippen LogP contribution < -0.4 is 5.32 Å². The number of nitrogens with one attached hydrogen (secondary N) is 1. The van der Waals surface area contributed by atoms with Crippen LogP contribution in [0.1, 0.15) is 12.8 Å². The van der Waals surface area contributed by atoms with Gasteiger partial charge in [0.25, 0.3) is 0 Å². The van der Waals surface area contributed by atoms with E-state index in [-0.39, 0.29) is 31.2 Å². The van der Waals surface area contributed by atoms with Gasteiger partial charge in [0, 0.05) is 18.2 Å². The van der Waals surface area contributed by atoms with Crippen molar-refractivity contribution in [2.45, 2.75) is 12.8 Å². The van der Waals surface area contributed by atoms with E-state index in [0.717, 1.165) is 25.9 Å². The second-order valence-corrected chi connectivity index (χ2v) is 6.60. The molecule has 2 aromatic carbocycles. The van der Waals surface area contributed by atoms with Gasteiger partial charge in [0.15, 0.2) is 5.13 Å². The van der Waals surface area contributed by atoms with Crippen molar-refractivity contribution in [3.8, 4) is 0 Å². The summed E-state index contributed by atoms with van der Waals surface area (Å²) in [4.78, 5) is 40.7. The number of anilines is 1. The van der Waals surface area contributed by atoms with E-state index in [4.69, 9.17) is 0 Å². The van der Waals surface area contributed by atoms with E-state index in [1.165, 1.54) is 11.3 Å². The Morgan fingerprint density at radius 1 is 1.12 bits per heavy atom. The number of carbonyl (C=O) groups is 3. The molecule has 6 nitrogen and oxygen atoms in total. The Balaban J connectivity index is 1.58. The molecule has 0 atom stereocenters. The lowest BCUT2D eigenvalue weighted by Crippen LogP contribution is -2.36. The van der Waals surface area contributed by atoms with Crippen LogP contribution in [-0.4, -0.2) is 34.2 Å². The molecule has 0 radical (unpaired) electrons. The SMILES string of the molecule is O=C(CN1C(=O)CCC1=O)Nc1nc2c(ccc3ccccc32)s1. The number of benzene rings is 2. The van der Waals surface area contributed by atoms with Crippen molar-refractivity contribution < 1.29 is 14.4 Å². The average molecular weight is 339 g/mol. The normalized spacial score (nSPS) is 14.8. The van der Waals surface area contributed by atoms with Crippen LogP contribution >= 0.6 is 11.3 Å². The number of amides is 3. The lowest BCUT2D eigenvalue weighted by Gasteiger charge is -2.12. The van der Waals surface area contributed by atoms with Crippen LogP contribution in [0.4, 0.5) is 5.13 Å². The fourth-order valence-corrected chi connectivity index (χ4v) is 3.71. The first-order chi connectivity index (χ1) is 11.6. The third-order valence-electron chi connectivity index (χ3n) is 3.99. The van der Waals surface area contributed by atoms with Gasteiger partial charge < -0.3 is 5.32 Å². The minimum atomic E-state index is -0.415. The second kappa shape index (κ2) is 5.68. The van der Waals surface area contributed by atoms with E-state index >= 15 is 0 Å². The molecule has 0 unspecified atom stereocenters. The molecule has 1 fully saturated rings. The highest BCUT2D eigenvalue weighted by Crippen LogP contribution is 2.31. The molecule has 2 heterocycles. The highest BCUT2D eigenvalue weighted by atomic mass is 32.1. The molecule has 0 aliphatic carbocycles. The molecule has 0 spiro atoms. The third-order valence-corrected chi connectivity index (χ3v) is 4.92. The smallest absolute Gasteiger partial charge is 0.246 e. The summed E-state index contributed by atoms with van der Waals surface area (Å²) in [5.41, 5.74) is 0.835. The number of imide groups is 1. The molecule has 1 aromatic heterocycles. The molecular weight excluding hydrogens is 326 g/mol. The monoisotopic (exact) mass is 339 g/mol. The second-order valence-electron chi connectivity index (χ2n) is 5.57. The van der Waals surface area contributed by atoms with Crippen LogP contribution in [0.3, 0.4) is 0 Å². The van der Waals surface area contributed by atoms with E-state index in [0.29, 0.717) is 5.13 Å². The Kier molecular flexibility index (Phi) is 3.50. The maximum atomic E-state index is 12.1. The summed E-state index contributed by atoms with van der Waals surface area (Å²) >= 11 is 1.37. The maximum Gasteiger partial charge on any atom is 0.246 e. The minimum Gasteiger partial charge on any atom is -0.300 e. The van der Waals surface area contributed by atoms with Crippen LogP contribution in [0, 0.1) is 0 Å². The molecule has 24 heavy (non-hydrogen) atoms. The third kappa shape index (κ3) is 2.52. The maximum absolute atomic E-state index is 12.1. The summed E-state index contributed by atoms with van der Waals surface area (Å²) in [5.74, 6) is -1.02. The fourth-order valence-electron chi connectivity index (χ4n) is 2.82. The van der Waals surface area contributed by atoms with Gasteiger partial charge in [-0.05, 0) is 11.5 Å². The number of fused-ring (bicyclic) bond motifs is 3. The number of nitrogens with zero attached hydrogens (tertiary/aromatic N) is 2. The van der Waals surface area contributed by atoms with Gasteiger partial charge in [-0.2, -0.15) is 0 Å². The molecule has 3 aromatic rings. The lowest BCUT2D eigenvalue weighted by atomic mass is 10.1. The highest BCUT2D eigenvalue weighted by Gasteiger charge is 2.30. The van der Waals surface area contributed by atoms with E-state index in [2.05, 4.69) is 10.3 Å². The van der Waals surface area contributed by atoms with Crippen molar-refractivity contribution in [2.75, 3.05) is 11.9 Å². The molecule has 0 bridgehead atoms. The van der Waals surface area contributed by atoms with E-state index in [1.807, 2.05) is 36.4 Å². The Bertz CT molecular complexity index is 979. The van der Waals surface area contributed by atoms with Crippen molar-refractivity contribution in [2.24, 2.45) is 0 Å². The number of hydrogen-bond donors (Lipinski definition) is 1. The van der Waals surface area contributed by atoms with Gasteiger partial charge in [-0.1, -0.05) is 41.7 Å². The average Bonchev–Trinajstić information content (AvgIpc) is 3.12. The van der Waals surface area contributed by atoms with Crippen molar-refractivity contribution in [3.05, 3.63) is 36.4 Å². The molecule has 0 saturated carbocycles. The standard InChI is InChI=1S/C17H13N3O3S/c21-13(9-20-14(22)7-8-15(20)23)18-17-19-16-11-4-2-1-3-10(11)5-6-12(16)24-17/h1-6H,7-9H2,(H,18,19,21). The van der Waals surface area contributed by atoms with Gasteiger partial charge in [-0.3, -0.25) is 19.3 Å². The summed E-state index contributed by atoms with van der Waals surface area (Å²) in [6, 6.07) is 11.9. The van der Waals surface area contributed by atoms with Crippen LogP contribution in [0.25, 0.3) is 21.0 Å². The quantitative estimate of drug-likeness (QED) is 0.744. The van der Waals surface area contributed by atoms with Gasteiger partial charge in [0.05, 0.1) is 10.2 Å². The van der Waals surface area contributed by atoms with Crippen LogP contribution in [0.15, 0.2) is 36.4 Å². The molecule has 1 aliphatic heterocycles. The Hall–Kier alpha value is -2.80. The zero-order valence-electron chi connectivity index (χ0n) is 12.6. The number of thiazole rings is 1. The largest absolute Gasteiger partial charge is 0.300 e. The molecule has 120 valence electrons. The number of hydrogen-bond acceptors (Lipinski definition) is 5. The molecule has 1 N–H and O–H groups in total. The topological polar surface area (TPSA) is 79.4 Å². The van der Waals surface area contributed by atoms with Gasteiger partial charge in [-0.25, -0.2) is 4.98 Å². The first kappa shape index (κ1) is 14.8. The molecule has 1 aliphatic rings. The number of likely N-dealkylation sites (tertiary alicyclic amines) is 1. The van der Waals surface area contributed by atoms with E-state index < -0.39 is 5.91 Å². The molecular formula is C17H13N3O3S. The summed E-state index contributed by atoms with van der Waals surface area (Å²) in [5, 5.41) is 5.26. The van der Waals surface area contributed by atoms with Gasteiger partial charge in [-0.15, -0.1) is 0 Å². The lowest BCUT2D eigenvalue weighted by molar-refractivity contribution is -0.141. The van der Waals surface area contributed by atoms with Crippen LogP contribution in [0.5, 0.6) is 0 Å². The number of rotatable bonds is 3. The van der Waals surface area contributed by atoms with Crippen molar-refractivity contribution >= 4 is 55.2 Å². The van der Waals surface area contributed by atoms with Crippen LogP contribution in [-0.2, 0) is 14.4 Å². The highest BCUT2D eigenvalue weighted by molar-refractivity contribution is 7.22. The first-order valence-electron chi connectivity index (χ1n) is 7.53. The van der Waals surface area contributed by atoms with Gasteiger partial charge >= 0.3 is 0 Å².